The second kappa shape index (κ2) is 5.73. The number of nitrogens with zero attached hydrogens (tertiary/aromatic N) is 2. The maximum absolute atomic E-state index is 12.8. The lowest BCUT2D eigenvalue weighted by molar-refractivity contribution is -0.137. The van der Waals surface area contributed by atoms with Crippen LogP contribution in [0.4, 0.5) is 13.2 Å². The molecule has 0 bridgehead atoms. The van der Waals surface area contributed by atoms with Crippen molar-refractivity contribution < 1.29 is 22.8 Å². The Morgan fingerprint density at radius 2 is 2.14 bits per heavy atom. The molecule has 1 N–H and O–H groups in total. The Bertz CT molecular complexity index is 628. The van der Waals surface area contributed by atoms with E-state index in [1.54, 1.807) is 12.1 Å². The molecule has 1 aliphatic rings. The van der Waals surface area contributed by atoms with E-state index in [0.29, 0.717) is 30.8 Å². The molecule has 1 saturated heterocycles. The number of hydrogen-bond donors (Lipinski definition) is 1. The average Bonchev–Trinajstić information content (AvgIpc) is 3.08. The van der Waals surface area contributed by atoms with Crippen LogP contribution in [-0.2, 0) is 12.7 Å². The molecule has 2 aromatic rings. The lowest BCUT2D eigenvalue weighted by Crippen LogP contribution is -2.24. The average molecular weight is 312 g/mol. The first-order valence-electron chi connectivity index (χ1n) is 6.92. The molecule has 0 saturated carbocycles. The molecule has 0 amide bonds. The smallest absolute Gasteiger partial charge is 0.392 e. The van der Waals surface area contributed by atoms with Crippen LogP contribution in [0.1, 0.15) is 29.3 Å². The van der Waals surface area contributed by atoms with Gasteiger partial charge in [-0.1, -0.05) is 17.3 Å². The van der Waals surface area contributed by atoms with E-state index < -0.39 is 17.8 Å². The van der Waals surface area contributed by atoms with Crippen molar-refractivity contribution in [3.8, 4) is 0 Å². The predicted molar refractivity (Wildman–Crippen MR) is 71.7 cm³/mol. The van der Waals surface area contributed by atoms with Gasteiger partial charge in [0.05, 0.1) is 24.4 Å². The maximum atomic E-state index is 12.8. The Kier molecular flexibility index (Phi) is 3.92. The summed E-state index contributed by atoms with van der Waals surface area (Å²) in [6.07, 6.45) is -3.03. The number of aromatic nitrogens is 1. The summed E-state index contributed by atoms with van der Waals surface area (Å²) in [6, 6.07) is 6.68. The number of rotatable bonds is 3. The zero-order chi connectivity index (χ0) is 15.7. The molecule has 1 aromatic carbocycles. The molecular weight excluding hydrogens is 297 g/mol. The van der Waals surface area contributed by atoms with Gasteiger partial charge in [-0.25, -0.2) is 0 Å². The van der Waals surface area contributed by atoms with Gasteiger partial charge in [0.25, 0.3) is 0 Å². The van der Waals surface area contributed by atoms with Gasteiger partial charge >= 0.3 is 6.18 Å². The van der Waals surface area contributed by atoms with Crippen LogP contribution in [0.2, 0.25) is 0 Å². The highest BCUT2D eigenvalue weighted by Crippen LogP contribution is 2.36. The molecule has 0 aliphatic carbocycles. The molecule has 22 heavy (non-hydrogen) atoms. The van der Waals surface area contributed by atoms with Crippen LogP contribution < -0.4 is 0 Å². The lowest BCUT2D eigenvalue weighted by atomic mass is 10.0. The van der Waals surface area contributed by atoms with Crippen LogP contribution >= 0.6 is 0 Å². The minimum Gasteiger partial charge on any atom is -0.392 e. The van der Waals surface area contributed by atoms with Crippen molar-refractivity contribution in [3.05, 3.63) is 53.4 Å². The van der Waals surface area contributed by atoms with Crippen molar-refractivity contribution in [2.24, 2.45) is 0 Å². The molecule has 1 aromatic heterocycles. The van der Waals surface area contributed by atoms with Crippen LogP contribution in [0.5, 0.6) is 0 Å². The Balaban J connectivity index is 1.85. The fraction of sp³-hybridized carbons (Fsp3) is 0.400. The fourth-order valence-electron chi connectivity index (χ4n) is 2.85. The van der Waals surface area contributed by atoms with E-state index in [1.165, 1.54) is 12.3 Å². The van der Waals surface area contributed by atoms with Crippen molar-refractivity contribution in [2.45, 2.75) is 31.3 Å². The Hall–Kier alpha value is -1.86. The van der Waals surface area contributed by atoms with Gasteiger partial charge in [0.1, 0.15) is 0 Å². The van der Waals surface area contributed by atoms with Crippen molar-refractivity contribution in [1.29, 1.82) is 0 Å². The molecule has 1 aliphatic heterocycles. The summed E-state index contributed by atoms with van der Waals surface area (Å²) in [5.41, 5.74) is -0.128. The highest BCUT2D eigenvalue weighted by Gasteiger charge is 2.35. The molecule has 2 unspecified atom stereocenters. The van der Waals surface area contributed by atoms with Crippen LogP contribution in [-0.4, -0.2) is 27.8 Å². The molecule has 0 spiro atoms. The first kappa shape index (κ1) is 15.1. The number of alkyl halides is 3. The number of halogens is 3. The van der Waals surface area contributed by atoms with Crippen LogP contribution in [0.3, 0.4) is 0 Å². The second-order valence-corrected chi connectivity index (χ2v) is 5.44. The third-order valence-electron chi connectivity index (χ3n) is 3.83. The van der Waals surface area contributed by atoms with Gasteiger partial charge in [-0.2, -0.15) is 13.2 Å². The molecule has 1 fully saturated rings. The van der Waals surface area contributed by atoms with Crippen molar-refractivity contribution in [2.75, 3.05) is 6.54 Å². The van der Waals surface area contributed by atoms with E-state index >= 15 is 0 Å². The largest absolute Gasteiger partial charge is 0.416 e. The second-order valence-electron chi connectivity index (χ2n) is 5.44. The molecule has 2 atom stereocenters. The highest BCUT2D eigenvalue weighted by atomic mass is 19.4. The van der Waals surface area contributed by atoms with E-state index in [4.69, 9.17) is 4.52 Å². The Morgan fingerprint density at radius 1 is 1.32 bits per heavy atom. The van der Waals surface area contributed by atoms with Gasteiger partial charge in [-0.3, -0.25) is 4.90 Å². The lowest BCUT2D eigenvalue weighted by Gasteiger charge is -2.23. The Labute approximate surface area is 125 Å². The summed E-state index contributed by atoms with van der Waals surface area (Å²) < 4.78 is 43.6. The molecule has 0 radical (unpaired) electrons. The quantitative estimate of drug-likeness (QED) is 0.946. The van der Waals surface area contributed by atoms with Crippen molar-refractivity contribution in [3.63, 3.8) is 0 Å². The first-order valence-corrected chi connectivity index (χ1v) is 6.92. The summed E-state index contributed by atoms with van der Waals surface area (Å²) in [5.74, 6) is 0.617. The third-order valence-corrected chi connectivity index (χ3v) is 3.83. The Morgan fingerprint density at radius 3 is 2.82 bits per heavy atom. The minimum absolute atomic E-state index is 0.276. The highest BCUT2D eigenvalue weighted by molar-refractivity contribution is 5.29. The minimum atomic E-state index is -4.37. The molecular formula is C15H15F3N2O2. The number of β-amino-alcohol motifs (C(OH)–C–C–N with tert-alkyl or cyclic N) is 1. The maximum Gasteiger partial charge on any atom is 0.416 e. The van der Waals surface area contributed by atoms with E-state index in [9.17, 15) is 18.3 Å². The monoisotopic (exact) mass is 312 g/mol. The molecule has 2 heterocycles. The summed E-state index contributed by atoms with van der Waals surface area (Å²) in [4.78, 5) is 1.90. The van der Waals surface area contributed by atoms with Crippen LogP contribution in [0.15, 0.2) is 41.1 Å². The summed E-state index contributed by atoms with van der Waals surface area (Å²) in [6.45, 7) is 0.791. The van der Waals surface area contributed by atoms with Gasteiger partial charge in [0.15, 0.2) is 5.76 Å². The van der Waals surface area contributed by atoms with Crippen molar-refractivity contribution >= 4 is 0 Å². The van der Waals surface area contributed by atoms with Gasteiger partial charge in [0, 0.05) is 18.7 Å². The number of hydrogen-bond acceptors (Lipinski definition) is 4. The number of aliphatic hydroxyl groups is 1. The van der Waals surface area contributed by atoms with E-state index in [0.717, 1.165) is 12.1 Å². The number of likely N-dealkylation sites (tertiary alicyclic amines) is 1. The number of benzene rings is 1. The summed E-state index contributed by atoms with van der Waals surface area (Å²) in [7, 11) is 0. The van der Waals surface area contributed by atoms with Gasteiger partial charge in [-0.05, 0) is 24.1 Å². The zero-order valence-corrected chi connectivity index (χ0v) is 11.6. The van der Waals surface area contributed by atoms with Gasteiger partial charge < -0.3 is 9.63 Å². The first-order chi connectivity index (χ1) is 10.4. The normalized spacial score (nSPS) is 23.1. The third kappa shape index (κ3) is 3.15. The van der Waals surface area contributed by atoms with Gasteiger partial charge in [0.2, 0.25) is 0 Å². The number of aliphatic hydroxyl groups excluding tert-OH is 1. The standard InChI is InChI=1S/C15H15F3N2O2/c16-15(17,18)11-3-1-2-10(6-11)14-7-12(21)8-20(14)9-13-4-5-19-22-13/h1-6,12,14,21H,7-9H2. The summed E-state index contributed by atoms with van der Waals surface area (Å²) >= 11 is 0. The van der Waals surface area contributed by atoms with Crippen LogP contribution in [0, 0.1) is 0 Å². The topological polar surface area (TPSA) is 49.5 Å². The van der Waals surface area contributed by atoms with E-state index in [-0.39, 0.29) is 6.04 Å². The van der Waals surface area contributed by atoms with E-state index in [1.807, 2.05) is 4.90 Å². The van der Waals surface area contributed by atoms with E-state index in [2.05, 4.69) is 5.16 Å². The van der Waals surface area contributed by atoms with Crippen LogP contribution in [0.25, 0.3) is 0 Å². The molecule has 118 valence electrons. The SMILES string of the molecule is OC1CC(c2cccc(C(F)(F)F)c2)N(Cc2ccno2)C1. The fourth-order valence-corrected chi connectivity index (χ4v) is 2.85. The molecule has 4 nitrogen and oxygen atoms in total. The zero-order valence-electron chi connectivity index (χ0n) is 11.6. The summed E-state index contributed by atoms with van der Waals surface area (Å²) in [5, 5.41) is 13.5. The molecule has 3 rings (SSSR count). The van der Waals surface area contributed by atoms with Gasteiger partial charge in [-0.15, -0.1) is 0 Å². The van der Waals surface area contributed by atoms with Crippen molar-refractivity contribution in [1.82, 2.24) is 10.1 Å². The molecule has 7 heteroatoms. The predicted octanol–water partition coefficient (Wildman–Crippen LogP) is 3.00.